The smallest absolute Gasteiger partial charge is 0.225 e. The molecule has 72 valence electrons. The van der Waals surface area contributed by atoms with Gasteiger partial charge in [0.05, 0.1) is 0 Å². The second kappa shape index (κ2) is 4.43. The van der Waals surface area contributed by atoms with Crippen LogP contribution in [0.25, 0.3) is 0 Å². The number of aliphatic hydroxyl groups excluding tert-OH is 1. The molecule has 0 heterocycles. The number of hydrogen-bond donors (Lipinski definition) is 1. The molecule has 0 saturated heterocycles. The van der Waals surface area contributed by atoms with E-state index in [0.717, 1.165) is 0 Å². The van der Waals surface area contributed by atoms with E-state index in [9.17, 15) is 14.4 Å². The molecule has 0 bridgehead atoms. The summed E-state index contributed by atoms with van der Waals surface area (Å²) in [5.74, 6) is -1.16. The molecule has 0 saturated carbocycles. The van der Waals surface area contributed by atoms with Gasteiger partial charge in [-0.25, -0.2) is 0 Å². The maximum Gasteiger partial charge on any atom is 0.225 e. The lowest BCUT2D eigenvalue weighted by Gasteiger charge is -1.98. The van der Waals surface area contributed by atoms with Crippen molar-refractivity contribution in [1.29, 1.82) is 0 Å². The summed E-state index contributed by atoms with van der Waals surface area (Å²) >= 11 is 0. The number of carbonyl (C=O) groups is 3. The lowest BCUT2D eigenvalue weighted by atomic mass is 10.1. The maximum atomic E-state index is 11.0. The number of hydrogen-bond acceptors (Lipinski definition) is 4. The SMILES string of the molecule is O=CC(=O)c1cccc(C(=O)CO)c1. The van der Waals surface area contributed by atoms with Gasteiger partial charge in [0.25, 0.3) is 0 Å². The van der Waals surface area contributed by atoms with Crippen LogP contribution in [-0.2, 0) is 4.79 Å². The fraction of sp³-hybridized carbons (Fsp3) is 0.100. The van der Waals surface area contributed by atoms with Gasteiger partial charge in [0.15, 0.2) is 12.1 Å². The molecule has 0 atom stereocenters. The van der Waals surface area contributed by atoms with Gasteiger partial charge >= 0.3 is 0 Å². The third kappa shape index (κ3) is 2.11. The lowest BCUT2D eigenvalue weighted by molar-refractivity contribution is -0.104. The van der Waals surface area contributed by atoms with Crippen molar-refractivity contribution in [3.8, 4) is 0 Å². The minimum atomic E-state index is -0.683. The Morgan fingerprint density at radius 2 is 1.93 bits per heavy atom. The number of aliphatic hydroxyl groups is 1. The molecule has 1 rings (SSSR count). The predicted octanol–water partition coefficient (Wildman–Crippen LogP) is 0.243. The molecule has 14 heavy (non-hydrogen) atoms. The van der Waals surface area contributed by atoms with E-state index in [1.54, 1.807) is 0 Å². The number of Topliss-reactive ketones (excluding diaryl/α,β-unsaturated/α-hetero) is 2. The van der Waals surface area contributed by atoms with Crippen LogP contribution in [0, 0.1) is 0 Å². The van der Waals surface area contributed by atoms with Crippen molar-refractivity contribution < 1.29 is 19.5 Å². The first-order chi connectivity index (χ1) is 6.69. The largest absolute Gasteiger partial charge is 0.388 e. The van der Waals surface area contributed by atoms with E-state index < -0.39 is 18.2 Å². The highest BCUT2D eigenvalue weighted by atomic mass is 16.3. The zero-order valence-corrected chi connectivity index (χ0v) is 7.27. The van der Waals surface area contributed by atoms with E-state index >= 15 is 0 Å². The molecule has 4 heteroatoms. The van der Waals surface area contributed by atoms with E-state index in [-0.39, 0.29) is 17.4 Å². The third-order valence-corrected chi connectivity index (χ3v) is 1.72. The Balaban J connectivity index is 3.06. The van der Waals surface area contributed by atoms with Gasteiger partial charge in [-0.1, -0.05) is 18.2 Å². The molecule has 4 nitrogen and oxygen atoms in total. The van der Waals surface area contributed by atoms with Crippen LogP contribution >= 0.6 is 0 Å². The number of benzene rings is 1. The first-order valence-electron chi connectivity index (χ1n) is 3.92. The molecular weight excluding hydrogens is 184 g/mol. The second-order valence-corrected chi connectivity index (χ2v) is 2.64. The highest BCUT2D eigenvalue weighted by Crippen LogP contribution is 2.06. The average Bonchev–Trinajstić information content (AvgIpc) is 2.27. The summed E-state index contributed by atoms with van der Waals surface area (Å²) in [6.45, 7) is -0.612. The van der Waals surface area contributed by atoms with E-state index in [1.165, 1.54) is 24.3 Å². The Labute approximate surface area is 80.2 Å². The number of carbonyl (C=O) groups excluding carboxylic acids is 3. The number of aldehydes is 1. The van der Waals surface area contributed by atoms with Crippen molar-refractivity contribution in [3.05, 3.63) is 35.4 Å². The van der Waals surface area contributed by atoms with Crippen LogP contribution in [0.5, 0.6) is 0 Å². The van der Waals surface area contributed by atoms with Gasteiger partial charge in [-0.3, -0.25) is 14.4 Å². The van der Waals surface area contributed by atoms with Crippen molar-refractivity contribution in [2.24, 2.45) is 0 Å². The summed E-state index contributed by atoms with van der Waals surface area (Å²) in [5.41, 5.74) is 0.375. The van der Waals surface area contributed by atoms with Crippen LogP contribution in [0.3, 0.4) is 0 Å². The minimum Gasteiger partial charge on any atom is -0.388 e. The van der Waals surface area contributed by atoms with Gasteiger partial charge in [0, 0.05) is 11.1 Å². The molecule has 0 aliphatic carbocycles. The Bertz CT molecular complexity index is 381. The second-order valence-electron chi connectivity index (χ2n) is 2.64. The van der Waals surface area contributed by atoms with Crippen molar-refractivity contribution in [2.75, 3.05) is 6.61 Å². The predicted molar refractivity (Wildman–Crippen MR) is 48.3 cm³/mol. The topological polar surface area (TPSA) is 71.4 Å². The summed E-state index contributed by atoms with van der Waals surface area (Å²) in [7, 11) is 0. The molecule has 0 fully saturated rings. The van der Waals surface area contributed by atoms with E-state index in [4.69, 9.17) is 5.11 Å². The first kappa shape index (κ1) is 10.3. The maximum absolute atomic E-state index is 11.0. The standard InChI is InChI=1S/C10H8O4/c11-5-9(13)7-2-1-3-8(4-7)10(14)6-12/h1-5,12H,6H2. The molecule has 1 N–H and O–H groups in total. The van der Waals surface area contributed by atoms with Crippen LogP contribution in [0.1, 0.15) is 20.7 Å². The van der Waals surface area contributed by atoms with E-state index in [2.05, 4.69) is 0 Å². The summed E-state index contributed by atoms with van der Waals surface area (Å²) < 4.78 is 0. The van der Waals surface area contributed by atoms with E-state index in [1.807, 2.05) is 0 Å². The van der Waals surface area contributed by atoms with Gasteiger partial charge in [0.1, 0.15) is 6.61 Å². The molecular formula is C10H8O4. The van der Waals surface area contributed by atoms with Crippen LogP contribution < -0.4 is 0 Å². The quantitative estimate of drug-likeness (QED) is 0.421. The minimum absolute atomic E-state index is 0.152. The zero-order chi connectivity index (χ0) is 10.6. The van der Waals surface area contributed by atoms with Crippen molar-refractivity contribution in [1.82, 2.24) is 0 Å². The Kier molecular flexibility index (Phi) is 3.25. The molecule has 0 unspecified atom stereocenters. The van der Waals surface area contributed by atoms with Crippen LogP contribution in [0.2, 0.25) is 0 Å². The molecule has 1 aromatic rings. The molecule has 0 radical (unpaired) electrons. The summed E-state index contributed by atoms with van der Waals surface area (Å²) in [6, 6.07) is 5.68. The average molecular weight is 192 g/mol. The highest BCUT2D eigenvalue weighted by molar-refractivity contribution is 6.33. The van der Waals surface area contributed by atoms with Crippen molar-refractivity contribution in [2.45, 2.75) is 0 Å². The Morgan fingerprint density at radius 3 is 2.50 bits per heavy atom. The molecule has 0 aliphatic heterocycles. The lowest BCUT2D eigenvalue weighted by Crippen LogP contribution is -2.07. The van der Waals surface area contributed by atoms with Gasteiger partial charge in [-0.2, -0.15) is 0 Å². The molecule has 1 aromatic carbocycles. The highest BCUT2D eigenvalue weighted by Gasteiger charge is 2.08. The van der Waals surface area contributed by atoms with E-state index in [0.29, 0.717) is 0 Å². The molecule has 0 spiro atoms. The molecule has 0 aliphatic rings. The first-order valence-corrected chi connectivity index (χ1v) is 3.92. The Morgan fingerprint density at radius 1 is 1.29 bits per heavy atom. The number of ketones is 2. The van der Waals surface area contributed by atoms with Crippen LogP contribution in [-0.4, -0.2) is 29.6 Å². The summed E-state index contributed by atoms with van der Waals surface area (Å²) in [5, 5.41) is 8.57. The van der Waals surface area contributed by atoms with Gasteiger partial charge in [0.2, 0.25) is 5.78 Å². The molecule has 0 aromatic heterocycles. The normalized spacial score (nSPS) is 9.50. The van der Waals surface area contributed by atoms with Gasteiger partial charge < -0.3 is 5.11 Å². The number of rotatable bonds is 4. The zero-order valence-electron chi connectivity index (χ0n) is 7.27. The monoisotopic (exact) mass is 192 g/mol. The molecule has 0 amide bonds. The van der Waals surface area contributed by atoms with Crippen LogP contribution in [0.15, 0.2) is 24.3 Å². The fourth-order valence-corrected chi connectivity index (χ4v) is 1.01. The van der Waals surface area contributed by atoms with Crippen LogP contribution in [0.4, 0.5) is 0 Å². The van der Waals surface area contributed by atoms with Crippen molar-refractivity contribution in [3.63, 3.8) is 0 Å². The summed E-state index contributed by atoms with van der Waals surface area (Å²) in [6.07, 6.45) is 0.183. The van der Waals surface area contributed by atoms with Gasteiger partial charge in [-0.05, 0) is 6.07 Å². The third-order valence-electron chi connectivity index (χ3n) is 1.72. The van der Waals surface area contributed by atoms with Crippen molar-refractivity contribution >= 4 is 17.9 Å². The summed E-state index contributed by atoms with van der Waals surface area (Å²) in [4.78, 5) is 32.1. The fourth-order valence-electron chi connectivity index (χ4n) is 1.01. The Hall–Kier alpha value is -1.81. The van der Waals surface area contributed by atoms with Gasteiger partial charge in [-0.15, -0.1) is 0 Å².